The minimum atomic E-state index is -0.376. The summed E-state index contributed by atoms with van der Waals surface area (Å²) in [5, 5.41) is 4.89. The van der Waals surface area contributed by atoms with Crippen molar-refractivity contribution in [3.63, 3.8) is 0 Å². The molecule has 0 radical (unpaired) electrons. The Kier molecular flexibility index (Phi) is 4.46. The molecule has 0 aliphatic rings. The Balaban J connectivity index is 1.95. The molecular weight excluding hydrogens is 373 g/mol. The van der Waals surface area contributed by atoms with E-state index in [-0.39, 0.29) is 17.5 Å². The molecule has 4 aromatic rings. The zero-order valence-electron chi connectivity index (χ0n) is 13.8. The first-order valence-corrected chi connectivity index (χ1v) is 8.47. The van der Waals surface area contributed by atoms with Gasteiger partial charge in [-0.2, -0.15) is 5.10 Å². The van der Waals surface area contributed by atoms with Gasteiger partial charge in [0.15, 0.2) is 0 Å². The van der Waals surface area contributed by atoms with Gasteiger partial charge < -0.3 is 0 Å². The van der Waals surface area contributed by atoms with Crippen LogP contribution in [0.5, 0.6) is 0 Å². The Morgan fingerprint density at radius 1 is 0.630 bits per heavy atom. The van der Waals surface area contributed by atoms with Crippen molar-refractivity contribution >= 4 is 11.6 Å². The van der Waals surface area contributed by atoms with Crippen LogP contribution < -0.4 is 0 Å². The van der Waals surface area contributed by atoms with E-state index in [0.717, 1.165) is 0 Å². The second-order valence-corrected chi connectivity index (χ2v) is 6.29. The highest BCUT2D eigenvalue weighted by Crippen LogP contribution is 2.38. The Hall–Kier alpha value is -3.05. The molecule has 0 bridgehead atoms. The van der Waals surface area contributed by atoms with E-state index in [2.05, 4.69) is 5.10 Å². The zero-order chi connectivity index (χ0) is 19.0. The third kappa shape index (κ3) is 3.34. The van der Waals surface area contributed by atoms with Crippen molar-refractivity contribution < 1.29 is 13.2 Å². The number of hydrogen-bond acceptors (Lipinski definition) is 1. The van der Waals surface area contributed by atoms with Gasteiger partial charge in [0.05, 0.1) is 16.4 Å². The Morgan fingerprint density at radius 2 is 1.07 bits per heavy atom. The van der Waals surface area contributed by atoms with Crippen LogP contribution in [0, 0.1) is 17.5 Å². The molecule has 2 nitrogen and oxygen atoms in total. The molecule has 0 saturated carbocycles. The first-order valence-electron chi connectivity index (χ1n) is 8.09. The normalized spacial score (nSPS) is 11.0. The minimum Gasteiger partial charge on any atom is -0.231 e. The molecule has 0 unspecified atom stereocenters. The average Bonchev–Trinajstić information content (AvgIpc) is 3.01. The first-order chi connectivity index (χ1) is 13.0. The number of halogens is 4. The fraction of sp³-hybridized carbons (Fsp3) is 0. The lowest BCUT2D eigenvalue weighted by molar-refractivity contribution is 0.626. The van der Waals surface area contributed by atoms with Crippen LogP contribution in [0.3, 0.4) is 0 Å². The second kappa shape index (κ2) is 6.93. The van der Waals surface area contributed by atoms with E-state index in [0.29, 0.717) is 33.2 Å². The lowest BCUT2D eigenvalue weighted by Gasteiger charge is -2.08. The summed E-state index contributed by atoms with van der Waals surface area (Å²) in [6.45, 7) is 0. The van der Waals surface area contributed by atoms with E-state index in [9.17, 15) is 13.2 Å². The van der Waals surface area contributed by atoms with Crippen molar-refractivity contribution in [3.8, 4) is 28.2 Å². The zero-order valence-corrected chi connectivity index (χ0v) is 14.6. The van der Waals surface area contributed by atoms with Crippen molar-refractivity contribution in [2.75, 3.05) is 0 Å². The summed E-state index contributed by atoms with van der Waals surface area (Å²) in [5.74, 6) is -1.12. The highest BCUT2D eigenvalue weighted by Gasteiger charge is 2.20. The van der Waals surface area contributed by atoms with E-state index in [1.54, 1.807) is 41.1 Å². The van der Waals surface area contributed by atoms with Crippen molar-refractivity contribution in [1.29, 1.82) is 0 Å². The van der Waals surface area contributed by atoms with Gasteiger partial charge in [-0.05, 0) is 72.8 Å². The molecule has 0 N–H and O–H groups in total. The predicted octanol–water partition coefficient (Wildman–Crippen LogP) is 6.28. The molecule has 0 aliphatic carbocycles. The summed E-state index contributed by atoms with van der Waals surface area (Å²) < 4.78 is 41.5. The van der Waals surface area contributed by atoms with Gasteiger partial charge >= 0.3 is 0 Å². The number of aromatic nitrogens is 2. The third-order valence-electron chi connectivity index (χ3n) is 4.13. The fourth-order valence-electron chi connectivity index (χ4n) is 2.82. The molecule has 27 heavy (non-hydrogen) atoms. The van der Waals surface area contributed by atoms with Gasteiger partial charge in [-0.15, -0.1) is 0 Å². The molecule has 1 aromatic heterocycles. The molecule has 0 aliphatic heterocycles. The SMILES string of the molecule is Fc1ccc(-c2nn(-c3ccc(F)cc3)c(-c3ccc(F)cc3)c2Cl)cc1. The van der Waals surface area contributed by atoms with E-state index in [4.69, 9.17) is 11.6 Å². The lowest BCUT2D eigenvalue weighted by atomic mass is 10.1. The van der Waals surface area contributed by atoms with Crippen LogP contribution in [-0.4, -0.2) is 9.78 Å². The summed E-state index contributed by atoms with van der Waals surface area (Å²) >= 11 is 6.61. The average molecular weight is 385 g/mol. The molecule has 0 fully saturated rings. The van der Waals surface area contributed by atoms with Gasteiger partial charge in [-0.3, -0.25) is 0 Å². The van der Waals surface area contributed by atoms with Crippen molar-refractivity contribution in [3.05, 3.63) is 95.3 Å². The van der Waals surface area contributed by atoms with E-state index < -0.39 is 0 Å². The largest absolute Gasteiger partial charge is 0.231 e. The second-order valence-electron chi connectivity index (χ2n) is 5.91. The first kappa shape index (κ1) is 17.4. The van der Waals surface area contributed by atoms with Crippen LogP contribution in [0.25, 0.3) is 28.2 Å². The smallest absolute Gasteiger partial charge is 0.123 e. The summed E-state index contributed by atoms with van der Waals surface area (Å²) in [7, 11) is 0. The van der Waals surface area contributed by atoms with Crippen LogP contribution in [0.2, 0.25) is 5.02 Å². The summed E-state index contributed by atoms with van der Waals surface area (Å²) in [5.41, 5.74) is 2.84. The lowest BCUT2D eigenvalue weighted by Crippen LogP contribution is -1.99. The molecule has 4 rings (SSSR count). The van der Waals surface area contributed by atoms with Crippen LogP contribution >= 0.6 is 11.6 Å². The number of benzene rings is 3. The minimum absolute atomic E-state index is 0.331. The molecule has 1 heterocycles. The van der Waals surface area contributed by atoms with Gasteiger partial charge in [-0.25, -0.2) is 17.9 Å². The Bertz CT molecular complexity index is 1090. The fourth-order valence-corrected chi connectivity index (χ4v) is 3.15. The summed E-state index contributed by atoms with van der Waals surface area (Å²) in [6, 6.07) is 17.4. The van der Waals surface area contributed by atoms with Gasteiger partial charge in [0.1, 0.15) is 23.1 Å². The molecule has 134 valence electrons. The molecule has 6 heteroatoms. The van der Waals surface area contributed by atoms with Crippen LogP contribution in [0.4, 0.5) is 13.2 Å². The van der Waals surface area contributed by atoms with Crippen LogP contribution in [-0.2, 0) is 0 Å². The van der Waals surface area contributed by atoms with Gasteiger partial charge in [0.25, 0.3) is 0 Å². The number of rotatable bonds is 3. The highest BCUT2D eigenvalue weighted by atomic mass is 35.5. The molecule has 0 saturated heterocycles. The van der Waals surface area contributed by atoms with E-state index in [1.165, 1.54) is 36.4 Å². The highest BCUT2D eigenvalue weighted by molar-refractivity contribution is 6.35. The molecule has 0 amide bonds. The van der Waals surface area contributed by atoms with Gasteiger partial charge in [-0.1, -0.05) is 11.6 Å². The molecule has 0 spiro atoms. The van der Waals surface area contributed by atoms with E-state index >= 15 is 0 Å². The van der Waals surface area contributed by atoms with Gasteiger partial charge in [0, 0.05) is 11.1 Å². The Morgan fingerprint density at radius 3 is 1.59 bits per heavy atom. The summed E-state index contributed by atoms with van der Waals surface area (Å²) in [4.78, 5) is 0. The van der Waals surface area contributed by atoms with Gasteiger partial charge in [0.2, 0.25) is 0 Å². The van der Waals surface area contributed by atoms with Crippen LogP contribution in [0.1, 0.15) is 0 Å². The topological polar surface area (TPSA) is 17.8 Å². The maximum absolute atomic E-state index is 13.3. The van der Waals surface area contributed by atoms with Crippen molar-refractivity contribution in [1.82, 2.24) is 9.78 Å². The Labute approximate surface area is 158 Å². The van der Waals surface area contributed by atoms with Crippen LogP contribution in [0.15, 0.2) is 72.8 Å². The molecule has 3 aromatic carbocycles. The maximum Gasteiger partial charge on any atom is 0.123 e. The summed E-state index contributed by atoms with van der Waals surface area (Å²) in [6.07, 6.45) is 0. The number of hydrogen-bond donors (Lipinski definition) is 0. The maximum atomic E-state index is 13.3. The molecular formula is C21H12ClF3N2. The number of nitrogens with zero attached hydrogens (tertiary/aromatic N) is 2. The van der Waals surface area contributed by atoms with E-state index in [1.807, 2.05) is 0 Å². The third-order valence-corrected chi connectivity index (χ3v) is 4.49. The predicted molar refractivity (Wildman–Crippen MR) is 99.3 cm³/mol. The van der Waals surface area contributed by atoms with Crippen molar-refractivity contribution in [2.45, 2.75) is 0 Å². The molecule has 0 atom stereocenters. The standard InChI is InChI=1S/C21H12ClF3N2/c22-19-20(13-1-5-15(23)6-2-13)26-27(18-11-9-17(25)10-12-18)21(19)14-3-7-16(24)8-4-14/h1-12H. The monoisotopic (exact) mass is 384 g/mol. The van der Waals surface area contributed by atoms with Crippen molar-refractivity contribution in [2.24, 2.45) is 0 Å². The quantitative estimate of drug-likeness (QED) is 0.406.